The molecule has 152 valence electrons. The summed E-state index contributed by atoms with van der Waals surface area (Å²) in [7, 11) is 0. The number of halogens is 3. The van der Waals surface area contributed by atoms with Gasteiger partial charge in [-0.25, -0.2) is 23.8 Å². The summed E-state index contributed by atoms with van der Waals surface area (Å²) in [5, 5.41) is 5.33. The third-order valence-corrected chi connectivity index (χ3v) is 4.97. The lowest BCUT2D eigenvalue weighted by atomic mass is 9.93. The van der Waals surface area contributed by atoms with Gasteiger partial charge in [0.1, 0.15) is 17.2 Å². The van der Waals surface area contributed by atoms with E-state index in [9.17, 15) is 23.2 Å². The smallest absolute Gasteiger partial charge is 0.322 e. The minimum absolute atomic E-state index is 0.114. The number of rotatable bonds is 5. The number of hydrogen-bond acceptors (Lipinski definition) is 3. The molecule has 5 amide bonds. The van der Waals surface area contributed by atoms with Crippen LogP contribution in [-0.2, 0) is 11.2 Å². The topological polar surface area (TPSA) is 90.5 Å². The molecule has 0 aliphatic carbocycles. The predicted octanol–water partition coefficient (Wildman–Crippen LogP) is 3.71. The molecule has 0 spiro atoms. The lowest BCUT2D eigenvalue weighted by Gasteiger charge is -2.21. The normalized spacial score (nSPS) is 18.6. The molecule has 0 aromatic heterocycles. The van der Waals surface area contributed by atoms with Crippen molar-refractivity contribution >= 4 is 39.6 Å². The first kappa shape index (κ1) is 20.7. The standard InChI is InChI=1S/C19H17BrF2N4O3/c1-19(9-8-11-2-5-13(21)6-3-11)16(27)26(18(29)24-19)25-17(28)23-15-7-4-12(20)10-14(15)22/h2-7,10H,8-9H2,1H3,(H,24,29)(H2,23,25,28)/t19-/m1/s1. The van der Waals surface area contributed by atoms with Gasteiger partial charge in [-0.05, 0) is 55.7 Å². The summed E-state index contributed by atoms with van der Waals surface area (Å²) in [5.41, 5.74) is 1.56. The Morgan fingerprint density at radius 3 is 2.52 bits per heavy atom. The van der Waals surface area contributed by atoms with Crippen molar-refractivity contribution in [3.05, 3.63) is 64.1 Å². The van der Waals surface area contributed by atoms with Crippen LogP contribution in [-0.4, -0.2) is 28.5 Å². The zero-order valence-corrected chi connectivity index (χ0v) is 16.8. The van der Waals surface area contributed by atoms with Gasteiger partial charge in [0.2, 0.25) is 0 Å². The van der Waals surface area contributed by atoms with Crippen molar-refractivity contribution in [2.75, 3.05) is 5.32 Å². The van der Waals surface area contributed by atoms with E-state index < -0.39 is 29.3 Å². The molecule has 0 saturated carbocycles. The highest BCUT2D eigenvalue weighted by Crippen LogP contribution is 2.23. The van der Waals surface area contributed by atoms with Crippen LogP contribution in [0.1, 0.15) is 18.9 Å². The summed E-state index contributed by atoms with van der Waals surface area (Å²) in [6.45, 7) is 1.53. The second-order valence-corrected chi connectivity index (χ2v) is 7.64. The van der Waals surface area contributed by atoms with Crippen molar-refractivity contribution in [1.82, 2.24) is 15.8 Å². The number of benzene rings is 2. The van der Waals surface area contributed by atoms with Gasteiger partial charge in [-0.1, -0.05) is 28.1 Å². The fraction of sp³-hybridized carbons (Fsp3) is 0.211. The van der Waals surface area contributed by atoms with Gasteiger partial charge in [-0.15, -0.1) is 0 Å². The fourth-order valence-electron chi connectivity index (χ4n) is 2.84. The van der Waals surface area contributed by atoms with Crippen LogP contribution in [0, 0.1) is 11.6 Å². The Hall–Kier alpha value is -3.01. The first-order chi connectivity index (χ1) is 13.7. The molecule has 1 aliphatic heterocycles. The van der Waals surface area contributed by atoms with Crippen molar-refractivity contribution < 1.29 is 23.2 Å². The molecule has 7 nitrogen and oxygen atoms in total. The van der Waals surface area contributed by atoms with E-state index in [-0.39, 0.29) is 17.9 Å². The maximum Gasteiger partial charge on any atom is 0.344 e. The highest BCUT2D eigenvalue weighted by molar-refractivity contribution is 9.10. The van der Waals surface area contributed by atoms with Gasteiger partial charge in [0.15, 0.2) is 0 Å². The zero-order chi connectivity index (χ0) is 21.2. The Balaban J connectivity index is 1.63. The van der Waals surface area contributed by atoms with Gasteiger partial charge in [0.05, 0.1) is 5.69 Å². The van der Waals surface area contributed by atoms with Crippen LogP contribution in [0.2, 0.25) is 0 Å². The number of hydrazine groups is 1. The van der Waals surface area contributed by atoms with Crippen LogP contribution < -0.4 is 16.1 Å². The largest absolute Gasteiger partial charge is 0.344 e. The average molecular weight is 467 g/mol. The number of carbonyl (C=O) groups excluding carboxylic acids is 3. The molecule has 1 atom stereocenters. The molecule has 10 heteroatoms. The van der Waals surface area contributed by atoms with Gasteiger partial charge in [-0.3, -0.25) is 4.79 Å². The second-order valence-electron chi connectivity index (χ2n) is 6.72. The van der Waals surface area contributed by atoms with Crippen molar-refractivity contribution in [2.24, 2.45) is 0 Å². The molecule has 2 aromatic carbocycles. The Kier molecular flexibility index (Phi) is 5.83. The molecular weight excluding hydrogens is 450 g/mol. The van der Waals surface area contributed by atoms with Gasteiger partial charge >= 0.3 is 12.1 Å². The van der Waals surface area contributed by atoms with Gasteiger partial charge in [0, 0.05) is 4.47 Å². The molecule has 0 bridgehead atoms. The second kappa shape index (κ2) is 8.16. The van der Waals surface area contributed by atoms with Crippen LogP contribution in [0.3, 0.4) is 0 Å². The Bertz CT molecular complexity index is 970. The summed E-state index contributed by atoms with van der Waals surface area (Å²) in [4.78, 5) is 37.0. The van der Waals surface area contributed by atoms with Crippen LogP contribution in [0.4, 0.5) is 24.1 Å². The van der Waals surface area contributed by atoms with Gasteiger partial charge in [0.25, 0.3) is 5.91 Å². The SMILES string of the molecule is C[C@]1(CCc2ccc(F)cc2)NC(=O)N(NC(=O)Nc2ccc(Br)cc2F)C1=O. The molecular formula is C19H17BrF2N4O3. The fourth-order valence-corrected chi connectivity index (χ4v) is 3.18. The van der Waals surface area contributed by atoms with Crippen molar-refractivity contribution in [1.29, 1.82) is 0 Å². The van der Waals surface area contributed by atoms with Crippen LogP contribution >= 0.6 is 15.9 Å². The highest BCUT2D eigenvalue weighted by atomic mass is 79.9. The van der Waals surface area contributed by atoms with Crippen LogP contribution in [0.5, 0.6) is 0 Å². The Labute approximate surface area is 173 Å². The number of carbonyl (C=O) groups is 3. The molecule has 29 heavy (non-hydrogen) atoms. The summed E-state index contributed by atoms with van der Waals surface area (Å²) >= 11 is 3.10. The first-order valence-corrected chi connectivity index (χ1v) is 9.41. The number of amides is 5. The third-order valence-electron chi connectivity index (χ3n) is 4.48. The summed E-state index contributed by atoms with van der Waals surface area (Å²) in [5.74, 6) is -1.71. The van der Waals surface area contributed by atoms with E-state index in [4.69, 9.17) is 0 Å². The van der Waals surface area contributed by atoms with E-state index in [1.54, 1.807) is 12.1 Å². The lowest BCUT2D eigenvalue weighted by Crippen LogP contribution is -2.50. The number of nitrogens with zero attached hydrogens (tertiary/aromatic N) is 1. The third kappa shape index (κ3) is 4.70. The molecule has 2 aromatic rings. The molecule has 3 rings (SSSR count). The summed E-state index contributed by atoms with van der Waals surface area (Å²) in [6, 6.07) is 8.08. The number of urea groups is 2. The highest BCUT2D eigenvalue weighted by Gasteiger charge is 2.48. The molecule has 1 heterocycles. The monoisotopic (exact) mass is 466 g/mol. The quantitative estimate of drug-likeness (QED) is 0.586. The van der Waals surface area contributed by atoms with E-state index in [0.717, 1.165) is 11.6 Å². The number of nitrogens with one attached hydrogen (secondary N) is 3. The van der Waals surface area contributed by atoms with Crippen molar-refractivity contribution in [3.63, 3.8) is 0 Å². The predicted molar refractivity (Wildman–Crippen MR) is 105 cm³/mol. The van der Waals surface area contributed by atoms with E-state index in [1.165, 1.54) is 31.2 Å². The van der Waals surface area contributed by atoms with Gasteiger partial charge < -0.3 is 10.6 Å². The molecule has 0 unspecified atom stereocenters. The minimum Gasteiger partial charge on any atom is -0.322 e. The maximum atomic E-state index is 13.8. The number of imide groups is 1. The molecule has 1 aliphatic rings. The van der Waals surface area contributed by atoms with Crippen LogP contribution in [0.15, 0.2) is 46.9 Å². The number of anilines is 1. The zero-order valence-electron chi connectivity index (χ0n) is 15.3. The summed E-state index contributed by atoms with van der Waals surface area (Å²) in [6.07, 6.45) is 0.650. The molecule has 0 radical (unpaired) electrons. The lowest BCUT2D eigenvalue weighted by molar-refractivity contribution is -0.132. The maximum absolute atomic E-state index is 13.8. The van der Waals surface area contributed by atoms with E-state index in [1.807, 2.05) is 0 Å². The number of hydrogen-bond donors (Lipinski definition) is 3. The van der Waals surface area contributed by atoms with Gasteiger partial charge in [-0.2, -0.15) is 5.01 Å². The van der Waals surface area contributed by atoms with Crippen molar-refractivity contribution in [3.8, 4) is 0 Å². The molecule has 3 N–H and O–H groups in total. The molecule has 1 fully saturated rings. The van der Waals surface area contributed by atoms with Crippen LogP contribution in [0.25, 0.3) is 0 Å². The summed E-state index contributed by atoms with van der Waals surface area (Å²) < 4.78 is 27.3. The Morgan fingerprint density at radius 1 is 1.17 bits per heavy atom. The minimum atomic E-state index is -1.25. The first-order valence-electron chi connectivity index (χ1n) is 8.62. The van der Waals surface area contributed by atoms with Crippen molar-refractivity contribution in [2.45, 2.75) is 25.3 Å². The van der Waals surface area contributed by atoms with E-state index >= 15 is 0 Å². The van der Waals surface area contributed by atoms with E-state index in [0.29, 0.717) is 15.9 Å². The Morgan fingerprint density at radius 2 is 1.86 bits per heavy atom. The average Bonchev–Trinajstić information content (AvgIpc) is 2.87. The van der Waals surface area contributed by atoms with E-state index in [2.05, 4.69) is 32.0 Å². The number of aryl methyl sites for hydroxylation is 1. The molecule has 1 saturated heterocycles.